The normalized spacial score (nSPS) is 44.7. The lowest BCUT2D eigenvalue weighted by molar-refractivity contribution is -0.123. The van der Waals surface area contributed by atoms with Crippen molar-refractivity contribution >= 4 is 17.5 Å². The number of carbonyl (C=O) groups excluding carboxylic acids is 1. The average molecular weight is 256 g/mol. The molecule has 2 nitrogen and oxygen atoms in total. The predicted octanol–water partition coefficient (Wildman–Crippen LogP) is 2.95. The summed E-state index contributed by atoms with van der Waals surface area (Å²) in [7, 11) is 0. The van der Waals surface area contributed by atoms with E-state index in [4.69, 9.17) is 11.6 Å². The Balaban J connectivity index is 1.75. The van der Waals surface area contributed by atoms with Crippen LogP contribution in [0.3, 0.4) is 0 Å². The molecule has 0 saturated heterocycles. The van der Waals surface area contributed by atoms with Crippen LogP contribution in [0.15, 0.2) is 0 Å². The molecule has 0 aromatic carbocycles. The number of alkyl halides is 1. The largest absolute Gasteiger partial charge is 0.352 e. The van der Waals surface area contributed by atoms with Crippen LogP contribution in [-0.4, -0.2) is 17.8 Å². The fraction of sp³-hybridized carbons (Fsp3) is 0.929. The molecule has 4 aliphatic rings. The first kappa shape index (κ1) is 11.8. The van der Waals surface area contributed by atoms with E-state index in [-0.39, 0.29) is 11.8 Å². The number of carbonyl (C=O) groups is 1. The molecule has 4 rings (SSSR count). The summed E-state index contributed by atoms with van der Waals surface area (Å²) in [6.45, 7) is 2.19. The highest BCUT2D eigenvalue weighted by Crippen LogP contribution is 2.61. The Morgan fingerprint density at radius 2 is 1.71 bits per heavy atom. The molecule has 1 atom stereocenters. The quantitative estimate of drug-likeness (QED) is 0.772. The molecule has 0 spiro atoms. The van der Waals surface area contributed by atoms with Gasteiger partial charge in [0.1, 0.15) is 5.88 Å². The molecule has 1 N–H and O–H groups in total. The first-order valence-electron chi connectivity index (χ1n) is 6.96. The topological polar surface area (TPSA) is 29.1 Å². The van der Waals surface area contributed by atoms with E-state index in [0.717, 1.165) is 17.8 Å². The molecule has 4 aliphatic carbocycles. The van der Waals surface area contributed by atoms with Crippen LogP contribution in [0.25, 0.3) is 0 Å². The molecule has 4 bridgehead atoms. The summed E-state index contributed by atoms with van der Waals surface area (Å²) in [6.07, 6.45) is 8.37. The van der Waals surface area contributed by atoms with E-state index in [1.54, 1.807) is 0 Å². The molecule has 0 aliphatic heterocycles. The van der Waals surface area contributed by atoms with E-state index in [0.29, 0.717) is 11.5 Å². The summed E-state index contributed by atoms with van der Waals surface area (Å²) in [5.74, 6) is 2.91. The van der Waals surface area contributed by atoms with Gasteiger partial charge >= 0.3 is 0 Å². The third-order valence-electron chi connectivity index (χ3n) is 5.50. The third kappa shape index (κ3) is 1.99. The van der Waals surface area contributed by atoms with E-state index in [1.807, 2.05) is 0 Å². The van der Waals surface area contributed by atoms with Crippen molar-refractivity contribution in [3.8, 4) is 0 Å². The summed E-state index contributed by atoms with van der Waals surface area (Å²) in [6, 6.07) is 0.308. The zero-order chi connectivity index (χ0) is 12.0. The highest BCUT2D eigenvalue weighted by molar-refractivity contribution is 6.27. The Kier molecular flexibility index (Phi) is 2.89. The van der Waals surface area contributed by atoms with E-state index in [2.05, 4.69) is 12.2 Å². The maximum atomic E-state index is 11.5. The monoisotopic (exact) mass is 255 g/mol. The maximum Gasteiger partial charge on any atom is 0.235 e. The minimum absolute atomic E-state index is 0.00471. The van der Waals surface area contributed by atoms with Gasteiger partial charge in [-0.2, -0.15) is 0 Å². The maximum absolute atomic E-state index is 11.5. The lowest BCUT2D eigenvalue weighted by atomic mass is 9.48. The molecule has 3 heteroatoms. The van der Waals surface area contributed by atoms with Gasteiger partial charge in [0.15, 0.2) is 0 Å². The fourth-order valence-corrected chi connectivity index (χ4v) is 5.22. The van der Waals surface area contributed by atoms with Gasteiger partial charge in [-0.05, 0) is 68.6 Å². The number of amides is 1. The number of hydrogen-bond donors (Lipinski definition) is 1. The molecule has 4 saturated carbocycles. The molecule has 0 unspecified atom stereocenters. The second-order valence-electron chi connectivity index (χ2n) is 6.70. The molecular weight excluding hydrogens is 234 g/mol. The lowest BCUT2D eigenvalue weighted by Gasteiger charge is -2.59. The fourth-order valence-electron chi connectivity index (χ4n) is 5.14. The Bertz CT molecular complexity index is 293. The Morgan fingerprint density at radius 1 is 1.24 bits per heavy atom. The highest BCUT2D eigenvalue weighted by Gasteiger charge is 2.53. The molecule has 96 valence electrons. The standard InChI is InChI=1S/C14H22ClNO/c1-9(16-13(17)8-15)14-5-10-2-11(6-14)4-12(3-10)7-14/h9-12H,2-8H2,1H3,(H,16,17)/t9-,10?,11?,12?,14?/m0/s1. The number of hydrogen-bond acceptors (Lipinski definition) is 1. The summed E-state index contributed by atoms with van der Waals surface area (Å²) in [5.41, 5.74) is 0.399. The number of halogens is 1. The van der Waals surface area contributed by atoms with Crippen molar-refractivity contribution in [2.24, 2.45) is 23.2 Å². The molecule has 4 fully saturated rings. The van der Waals surface area contributed by atoms with Crippen LogP contribution in [-0.2, 0) is 4.79 Å². The average Bonchev–Trinajstić information content (AvgIpc) is 2.26. The highest BCUT2D eigenvalue weighted by atomic mass is 35.5. The summed E-state index contributed by atoms with van der Waals surface area (Å²) in [5, 5.41) is 3.12. The van der Waals surface area contributed by atoms with Crippen LogP contribution >= 0.6 is 11.6 Å². The van der Waals surface area contributed by atoms with E-state index in [1.165, 1.54) is 38.5 Å². The summed E-state index contributed by atoms with van der Waals surface area (Å²) < 4.78 is 0. The molecule has 1 amide bonds. The summed E-state index contributed by atoms with van der Waals surface area (Å²) in [4.78, 5) is 11.5. The van der Waals surface area contributed by atoms with Crippen molar-refractivity contribution in [2.45, 2.75) is 51.5 Å². The van der Waals surface area contributed by atoms with Crippen LogP contribution in [0, 0.1) is 23.2 Å². The van der Waals surface area contributed by atoms with Crippen molar-refractivity contribution in [1.82, 2.24) is 5.32 Å². The zero-order valence-corrected chi connectivity index (χ0v) is 11.3. The van der Waals surface area contributed by atoms with Gasteiger partial charge in [-0.1, -0.05) is 0 Å². The smallest absolute Gasteiger partial charge is 0.235 e. The Hall–Kier alpha value is -0.240. The predicted molar refractivity (Wildman–Crippen MR) is 68.9 cm³/mol. The number of nitrogens with one attached hydrogen (secondary N) is 1. The van der Waals surface area contributed by atoms with Crippen molar-refractivity contribution in [3.63, 3.8) is 0 Å². The van der Waals surface area contributed by atoms with Crippen molar-refractivity contribution in [1.29, 1.82) is 0 Å². The molecular formula is C14H22ClNO. The third-order valence-corrected chi connectivity index (χ3v) is 5.75. The SMILES string of the molecule is C[C@H](NC(=O)CCl)C12CC3CC(CC(C3)C1)C2. The van der Waals surface area contributed by atoms with Crippen molar-refractivity contribution in [3.05, 3.63) is 0 Å². The van der Waals surface area contributed by atoms with Gasteiger partial charge < -0.3 is 5.32 Å². The molecule has 17 heavy (non-hydrogen) atoms. The van der Waals surface area contributed by atoms with Gasteiger partial charge in [0.25, 0.3) is 0 Å². The molecule has 0 radical (unpaired) electrons. The first-order chi connectivity index (χ1) is 8.11. The Morgan fingerprint density at radius 3 is 2.12 bits per heavy atom. The van der Waals surface area contributed by atoms with Crippen LogP contribution in [0.5, 0.6) is 0 Å². The van der Waals surface area contributed by atoms with Gasteiger partial charge in [0.2, 0.25) is 5.91 Å². The molecule has 0 aromatic rings. The van der Waals surface area contributed by atoms with E-state index < -0.39 is 0 Å². The van der Waals surface area contributed by atoms with Crippen LogP contribution in [0.2, 0.25) is 0 Å². The van der Waals surface area contributed by atoms with E-state index in [9.17, 15) is 4.79 Å². The Labute approximate surface area is 108 Å². The van der Waals surface area contributed by atoms with Crippen molar-refractivity contribution < 1.29 is 4.79 Å². The number of rotatable bonds is 3. The van der Waals surface area contributed by atoms with Crippen LogP contribution in [0.1, 0.15) is 45.4 Å². The van der Waals surface area contributed by atoms with Gasteiger partial charge in [-0.15, -0.1) is 11.6 Å². The van der Waals surface area contributed by atoms with Crippen molar-refractivity contribution in [2.75, 3.05) is 5.88 Å². The van der Waals surface area contributed by atoms with Gasteiger partial charge in [0.05, 0.1) is 0 Å². The summed E-state index contributed by atoms with van der Waals surface area (Å²) >= 11 is 5.59. The first-order valence-corrected chi connectivity index (χ1v) is 7.50. The molecule has 0 heterocycles. The lowest BCUT2D eigenvalue weighted by Crippen LogP contribution is -2.56. The van der Waals surface area contributed by atoms with Gasteiger partial charge in [-0.25, -0.2) is 0 Å². The van der Waals surface area contributed by atoms with Gasteiger partial charge in [-0.3, -0.25) is 4.79 Å². The van der Waals surface area contributed by atoms with Gasteiger partial charge in [0, 0.05) is 6.04 Å². The second-order valence-corrected chi connectivity index (χ2v) is 6.97. The van der Waals surface area contributed by atoms with Crippen LogP contribution < -0.4 is 5.32 Å². The van der Waals surface area contributed by atoms with E-state index >= 15 is 0 Å². The minimum atomic E-state index is -0.00471. The second kappa shape index (κ2) is 4.15. The van der Waals surface area contributed by atoms with Crippen LogP contribution in [0.4, 0.5) is 0 Å². The minimum Gasteiger partial charge on any atom is -0.352 e. The molecule has 0 aromatic heterocycles. The zero-order valence-electron chi connectivity index (χ0n) is 10.5.